The van der Waals surface area contributed by atoms with Crippen LogP contribution in [0.15, 0.2) is 40.6 Å². The molecule has 0 N–H and O–H groups in total. The molecule has 1 aromatic rings. The number of hydrogen-bond donors (Lipinski definition) is 0. The smallest absolute Gasteiger partial charge is 0.146 e. The second-order valence-electron chi connectivity index (χ2n) is 3.69. The molecule has 1 aliphatic rings. The van der Waals surface area contributed by atoms with Crippen LogP contribution < -0.4 is 4.74 Å². The number of benzene rings is 1. The van der Waals surface area contributed by atoms with Crippen LogP contribution >= 0.6 is 23.2 Å². The molecule has 0 amide bonds. The summed E-state index contributed by atoms with van der Waals surface area (Å²) < 4.78 is 5.11. The van der Waals surface area contributed by atoms with Gasteiger partial charge in [0.15, 0.2) is 0 Å². The number of hydrogen-bond acceptors (Lipinski definition) is 3. The second kappa shape index (κ2) is 5.43. The monoisotopic (exact) mass is 270 g/mol. The summed E-state index contributed by atoms with van der Waals surface area (Å²) in [6.45, 7) is 1.33. The van der Waals surface area contributed by atoms with Gasteiger partial charge >= 0.3 is 0 Å². The predicted octanol–water partition coefficient (Wildman–Crippen LogP) is 3.19. The molecular weight excluding hydrogens is 259 g/mol. The second-order valence-corrected chi connectivity index (χ2v) is 4.52. The lowest BCUT2D eigenvalue weighted by atomic mass is 10.2. The maximum atomic E-state index is 5.88. The Morgan fingerprint density at radius 3 is 2.59 bits per heavy atom. The van der Waals surface area contributed by atoms with Crippen molar-refractivity contribution in [2.45, 2.75) is 6.54 Å². The van der Waals surface area contributed by atoms with Crippen LogP contribution in [0.4, 0.5) is 0 Å². The fourth-order valence-corrected chi connectivity index (χ4v) is 2.14. The maximum absolute atomic E-state index is 5.88. The summed E-state index contributed by atoms with van der Waals surface area (Å²) in [6.07, 6.45) is 1.79. The Labute approximate surface area is 110 Å². The molecule has 0 fully saturated rings. The van der Waals surface area contributed by atoms with Gasteiger partial charge in [-0.1, -0.05) is 35.3 Å². The van der Waals surface area contributed by atoms with E-state index in [2.05, 4.69) is 4.99 Å². The summed E-state index contributed by atoms with van der Waals surface area (Å²) in [5, 5.41) is 0.917. The first-order valence-electron chi connectivity index (χ1n) is 5.15. The SMILES string of the molecule is COc1ccc(CN2C=C(Cl)N=C(Cl)C2)cc1. The lowest BCUT2D eigenvalue weighted by molar-refractivity contribution is 0.408. The summed E-state index contributed by atoms with van der Waals surface area (Å²) in [5.74, 6) is 0.848. The summed E-state index contributed by atoms with van der Waals surface area (Å²) in [5.41, 5.74) is 1.16. The fourth-order valence-electron chi connectivity index (χ4n) is 1.61. The van der Waals surface area contributed by atoms with E-state index in [1.54, 1.807) is 13.3 Å². The molecule has 0 aromatic heterocycles. The maximum Gasteiger partial charge on any atom is 0.146 e. The average molecular weight is 271 g/mol. The van der Waals surface area contributed by atoms with E-state index in [0.29, 0.717) is 16.9 Å². The van der Waals surface area contributed by atoms with Gasteiger partial charge in [-0.15, -0.1) is 0 Å². The molecule has 5 heteroatoms. The highest BCUT2D eigenvalue weighted by Gasteiger charge is 2.11. The Morgan fingerprint density at radius 1 is 1.29 bits per heavy atom. The molecule has 1 heterocycles. The number of nitrogens with zero attached hydrogens (tertiary/aromatic N) is 2. The molecule has 0 atom stereocenters. The highest BCUT2D eigenvalue weighted by atomic mass is 35.5. The molecule has 2 rings (SSSR count). The van der Waals surface area contributed by atoms with E-state index < -0.39 is 0 Å². The van der Waals surface area contributed by atoms with Gasteiger partial charge in [-0.3, -0.25) is 0 Å². The van der Waals surface area contributed by atoms with Crippen molar-refractivity contribution in [2.24, 2.45) is 4.99 Å². The van der Waals surface area contributed by atoms with Crippen molar-refractivity contribution in [1.82, 2.24) is 4.90 Å². The largest absolute Gasteiger partial charge is 0.497 e. The Hall–Kier alpha value is -1.19. The summed E-state index contributed by atoms with van der Waals surface area (Å²) in [4.78, 5) is 5.96. The minimum Gasteiger partial charge on any atom is -0.497 e. The lowest BCUT2D eigenvalue weighted by Gasteiger charge is -2.22. The van der Waals surface area contributed by atoms with Gasteiger partial charge in [-0.05, 0) is 17.7 Å². The zero-order chi connectivity index (χ0) is 12.3. The standard InChI is InChI=1S/C12H12Cl2N2O/c1-17-10-4-2-9(3-5-10)6-16-7-11(13)15-12(14)8-16/h2-5,7H,6,8H2,1H3. The number of methoxy groups -OCH3 is 1. The van der Waals surface area contributed by atoms with E-state index in [9.17, 15) is 0 Å². The first kappa shape index (κ1) is 12.3. The fraction of sp³-hybridized carbons (Fsp3) is 0.250. The number of aliphatic imine (C=N–C) groups is 1. The van der Waals surface area contributed by atoms with Crippen molar-refractivity contribution < 1.29 is 4.74 Å². The van der Waals surface area contributed by atoms with E-state index >= 15 is 0 Å². The van der Waals surface area contributed by atoms with Crippen molar-refractivity contribution in [3.63, 3.8) is 0 Å². The Bertz CT molecular complexity index is 454. The Kier molecular flexibility index (Phi) is 3.92. The number of ether oxygens (including phenoxy) is 1. The summed E-state index contributed by atoms with van der Waals surface area (Å²) in [7, 11) is 1.65. The molecule has 1 aliphatic heterocycles. The molecule has 3 nitrogen and oxygen atoms in total. The lowest BCUT2D eigenvalue weighted by Crippen LogP contribution is -2.25. The van der Waals surface area contributed by atoms with Gasteiger partial charge in [0.05, 0.1) is 13.7 Å². The third-order valence-electron chi connectivity index (χ3n) is 2.40. The Balaban J connectivity index is 2.04. The van der Waals surface area contributed by atoms with Crippen molar-refractivity contribution in [3.05, 3.63) is 41.2 Å². The predicted molar refractivity (Wildman–Crippen MR) is 70.6 cm³/mol. The Morgan fingerprint density at radius 2 is 2.00 bits per heavy atom. The molecule has 0 bridgehead atoms. The molecule has 17 heavy (non-hydrogen) atoms. The van der Waals surface area contributed by atoms with Gasteiger partial charge < -0.3 is 9.64 Å². The molecule has 90 valence electrons. The van der Waals surface area contributed by atoms with Crippen LogP contribution in [0, 0.1) is 0 Å². The first-order valence-corrected chi connectivity index (χ1v) is 5.90. The van der Waals surface area contributed by atoms with Crippen LogP contribution in [-0.4, -0.2) is 23.7 Å². The third-order valence-corrected chi connectivity index (χ3v) is 2.78. The van der Waals surface area contributed by atoms with Gasteiger partial charge in [-0.2, -0.15) is 0 Å². The van der Waals surface area contributed by atoms with E-state index in [4.69, 9.17) is 27.9 Å². The van der Waals surface area contributed by atoms with Gasteiger partial charge in [0.25, 0.3) is 0 Å². The van der Waals surface area contributed by atoms with E-state index in [-0.39, 0.29) is 0 Å². The van der Waals surface area contributed by atoms with E-state index in [1.165, 1.54) is 0 Å². The van der Waals surface area contributed by atoms with Crippen LogP contribution in [0.1, 0.15) is 5.56 Å². The topological polar surface area (TPSA) is 24.8 Å². The number of halogens is 2. The zero-order valence-corrected chi connectivity index (χ0v) is 10.9. The van der Waals surface area contributed by atoms with Crippen molar-refractivity contribution >= 4 is 28.4 Å². The molecule has 0 unspecified atom stereocenters. The van der Waals surface area contributed by atoms with Crippen molar-refractivity contribution in [3.8, 4) is 5.75 Å². The molecule has 0 spiro atoms. The summed E-state index contributed by atoms with van der Waals surface area (Å²) in [6, 6.07) is 7.89. The minimum atomic E-state index is 0.412. The zero-order valence-electron chi connectivity index (χ0n) is 9.36. The molecule has 0 saturated carbocycles. The van der Waals surface area contributed by atoms with Gasteiger partial charge in [0, 0.05) is 12.7 Å². The molecule has 0 aliphatic carbocycles. The van der Waals surface area contributed by atoms with Crippen molar-refractivity contribution in [1.29, 1.82) is 0 Å². The van der Waals surface area contributed by atoms with Crippen LogP contribution in [0.5, 0.6) is 5.75 Å². The molecular formula is C12H12Cl2N2O. The minimum absolute atomic E-state index is 0.412. The van der Waals surface area contributed by atoms with E-state index in [0.717, 1.165) is 17.9 Å². The van der Waals surface area contributed by atoms with E-state index in [1.807, 2.05) is 29.2 Å². The molecule has 0 saturated heterocycles. The third kappa shape index (κ3) is 3.38. The summed E-state index contributed by atoms with van der Waals surface area (Å²) >= 11 is 11.7. The number of rotatable bonds is 3. The molecule has 1 aromatic carbocycles. The van der Waals surface area contributed by atoms with Gasteiger partial charge in [0.1, 0.15) is 16.1 Å². The quantitative estimate of drug-likeness (QED) is 0.789. The van der Waals surface area contributed by atoms with Gasteiger partial charge in [0.2, 0.25) is 0 Å². The molecule has 0 radical (unpaired) electrons. The van der Waals surface area contributed by atoms with Crippen molar-refractivity contribution in [2.75, 3.05) is 13.7 Å². The first-order chi connectivity index (χ1) is 8.17. The van der Waals surface area contributed by atoms with Crippen LogP contribution in [0.2, 0.25) is 0 Å². The highest BCUT2D eigenvalue weighted by molar-refractivity contribution is 6.66. The van der Waals surface area contributed by atoms with Gasteiger partial charge in [-0.25, -0.2) is 4.99 Å². The normalized spacial score (nSPS) is 15.4. The van der Waals surface area contributed by atoms with Crippen LogP contribution in [0.3, 0.4) is 0 Å². The van der Waals surface area contributed by atoms with Crippen LogP contribution in [0.25, 0.3) is 0 Å². The average Bonchev–Trinajstić information content (AvgIpc) is 2.28. The van der Waals surface area contributed by atoms with Crippen LogP contribution in [-0.2, 0) is 6.54 Å². The highest BCUT2D eigenvalue weighted by Crippen LogP contribution is 2.18.